The van der Waals surface area contributed by atoms with Crippen molar-refractivity contribution in [1.82, 2.24) is 15.1 Å². The van der Waals surface area contributed by atoms with Gasteiger partial charge >= 0.3 is 12.1 Å². The van der Waals surface area contributed by atoms with Crippen molar-refractivity contribution in [3.05, 3.63) is 60.2 Å². The molecule has 2 aromatic rings. The molecule has 6 nitrogen and oxygen atoms in total. The van der Waals surface area contributed by atoms with E-state index in [4.69, 9.17) is 4.74 Å². The Morgan fingerprint density at radius 1 is 1.03 bits per heavy atom. The SMILES string of the molecule is C[C@@H](NC(=O)N1CCC2(CC1)CN(C)C(=O)O2)c1ccc(-c2ccccc2)cc1. The second-order valence-electron chi connectivity index (χ2n) is 8.05. The third-order valence-electron chi connectivity index (χ3n) is 5.96. The van der Waals surface area contributed by atoms with Gasteiger partial charge in [0.05, 0.1) is 12.6 Å². The van der Waals surface area contributed by atoms with Gasteiger partial charge < -0.3 is 19.9 Å². The highest BCUT2D eigenvalue weighted by Crippen LogP contribution is 2.32. The molecule has 0 bridgehead atoms. The van der Waals surface area contributed by atoms with E-state index in [2.05, 4.69) is 41.7 Å². The number of nitrogens with one attached hydrogen (secondary N) is 1. The molecular weight excluding hydrogens is 366 g/mol. The molecule has 0 saturated carbocycles. The number of benzene rings is 2. The maximum absolute atomic E-state index is 12.7. The van der Waals surface area contributed by atoms with Crippen LogP contribution in [0.15, 0.2) is 54.6 Å². The second kappa shape index (κ2) is 7.78. The van der Waals surface area contributed by atoms with Crippen molar-refractivity contribution in [2.75, 3.05) is 26.7 Å². The van der Waals surface area contributed by atoms with Crippen LogP contribution in [0.3, 0.4) is 0 Å². The van der Waals surface area contributed by atoms with E-state index in [1.165, 1.54) is 5.56 Å². The number of ether oxygens (including phenoxy) is 1. The standard InChI is InChI=1S/C23H27N3O3/c1-17(18-8-10-20(11-9-18)19-6-4-3-5-7-19)24-21(27)26-14-12-23(13-15-26)16-25(2)22(28)29-23/h3-11,17H,12-16H2,1-2H3,(H,24,27)/t17-/m1/s1. The van der Waals surface area contributed by atoms with Gasteiger partial charge in [0, 0.05) is 33.0 Å². The smallest absolute Gasteiger partial charge is 0.410 e. The Labute approximate surface area is 171 Å². The summed E-state index contributed by atoms with van der Waals surface area (Å²) in [6.45, 7) is 3.78. The first-order chi connectivity index (χ1) is 14.0. The van der Waals surface area contributed by atoms with Gasteiger partial charge in [0.15, 0.2) is 0 Å². The molecule has 2 aromatic carbocycles. The summed E-state index contributed by atoms with van der Waals surface area (Å²) in [7, 11) is 1.75. The number of urea groups is 1. The fourth-order valence-electron chi connectivity index (χ4n) is 4.12. The van der Waals surface area contributed by atoms with Crippen LogP contribution in [0.25, 0.3) is 11.1 Å². The van der Waals surface area contributed by atoms with E-state index in [0.717, 1.165) is 11.1 Å². The number of likely N-dealkylation sites (N-methyl/N-ethyl adjacent to an activating group) is 1. The zero-order chi connectivity index (χ0) is 20.4. The predicted molar refractivity (Wildman–Crippen MR) is 111 cm³/mol. The van der Waals surface area contributed by atoms with Crippen LogP contribution in [-0.2, 0) is 4.74 Å². The lowest BCUT2D eigenvalue weighted by Crippen LogP contribution is -2.51. The van der Waals surface area contributed by atoms with Gasteiger partial charge in [0.25, 0.3) is 0 Å². The number of hydrogen-bond donors (Lipinski definition) is 1. The van der Waals surface area contributed by atoms with Gasteiger partial charge in [0.1, 0.15) is 5.60 Å². The molecule has 0 aliphatic carbocycles. The first-order valence-corrected chi connectivity index (χ1v) is 10.1. The summed E-state index contributed by atoms with van der Waals surface area (Å²) < 4.78 is 5.56. The maximum atomic E-state index is 12.7. The number of piperidine rings is 1. The molecule has 1 atom stereocenters. The molecule has 152 valence electrons. The van der Waals surface area contributed by atoms with E-state index >= 15 is 0 Å². The van der Waals surface area contributed by atoms with Gasteiger partial charge in [-0.3, -0.25) is 0 Å². The van der Waals surface area contributed by atoms with Crippen LogP contribution < -0.4 is 5.32 Å². The van der Waals surface area contributed by atoms with Gasteiger partial charge in [-0.25, -0.2) is 9.59 Å². The van der Waals surface area contributed by atoms with Crippen molar-refractivity contribution in [2.45, 2.75) is 31.4 Å². The summed E-state index contributed by atoms with van der Waals surface area (Å²) in [5.41, 5.74) is 2.97. The van der Waals surface area contributed by atoms with Crippen LogP contribution >= 0.6 is 0 Å². The molecule has 0 radical (unpaired) electrons. The normalized spacial score (nSPS) is 19.2. The molecule has 2 saturated heterocycles. The first-order valence-electron chi connectivity index (χ1n) is 10.1. The number of carbonyl (C=O) groups is 2. The van der Waals surface area contributed by atoms with Crippen molar-refractivity contribution in [2.24, 2.45) is 0 Å². The molecule has 0 aromatic heterocycles. The van der Waals surface area contributed by atoms with Crippen LogP contribution in [0.5, 0.6) is 0 Å². The monoisotopic (exact) mass is 393 g/mol. The third-order valence-corrected chi connectivity index (χ3v) is 5.96. The lowest BCUT2D eigenvalue weighted by Gasteiger charge is -2.37. The van der Waals surface area contributed by atoms with E-state index < -0.39 is 5.60 Å². The lowest BCUT2D eigenvalue weighted by molar-refractivity contribution is 0.00947. The minimum Gasteiger partial charge on any atom is -0.441 e. The Balaban J connectivity index is 1.32. The van der Waals surface area contributed by atoms with Crippen LogP contribution in [0.2, 0.25) is 0 Å². The summed E-state index contributed by atoms with van der Waals surface area (Å²) in [6.07, 6.45) is 1.09. The summed E-state index contributed by atoms with van der Waals surface area (Å²) in [5.74, 6) is 0. The number of amides is 3. The van der Waals surface area contributed by atoms with Gasteiger partial charge in [-0.15, -0.1) is 0 Å². The maximum Gasteiger partial charge on any atom is 0.410 e. The van der Waals surface area contributed by atoms with Crippen LogP contribution in [0.1, 0.15) is 31.4 Å². The van der Waals surface area contributed by atoms with Crippen LogP contribution in [0.4, 0.5) is 9.59 Å². The zero-order valence-corrected chi connectivity index (χ0v) is 16.9. The molecule has 1 spiro atoms. The van der Waals surface area contributed by atoms with Crippen molar-refractivity contribution < 1.29 is 14.3 Å². The van der Waals surface area contributed by atoms with Gasteiger partial charge in [-0.2, -0.15) is 0 Å². The van der Waals surface area contributed by atoms with E-state index in [0.29, 0.717) is 32.5 Å². The summed E-state index contributed by atoms with van der Waals surface area (Å²) in [4.78, 5) is 27.8. The Kier molecular flexibility index (Phi) is 5.18. The summed E-state index contributed by atoms with van der Waals surface area (Å²) >= 11 is 0. The molecule has 2 aliphatic rings. The fourth-order valence-corrected chi connectivity index (χ4v) is 4.12. The minimum absolute atomic E-state index is 0.0721. The number of hydrogen-bond acceptors (Lipinski definition) is 3. The van der Waals surface area contributed by atoms with Crippen molar-refractivity contribution in [3.8, 4) is 11.1 Å². The topological polar surface area (TPSA) is 61.9 Å². The number of carbonyl (C=O) groups excluding carboxylic acids is 2. The zero-order valence-electron chi connectivity index (χ0n) is 16.9. The lowest BCUT2D eigenvalue weighted by atomic mass is 9.91. The van der Waals surface area contributed by atoms with E-state index in [1.54, 1.807) is 11.9 Å². The average Bonchev–Trinajstić information content (AvgIpc) is 3.02. The highest BCUT2D eigenvalue weighted by Gasteiger charge is 2.46. The Bertz CT molecular complexity index is 874. The van der Waals surface area contributed by atoms with E-state index in [1.807, 2.05) is 30.0 Å². The molecule has 2 fully saturated rings. The van der Waals surface area contributed by atoms with Gasteiger partial charge in [-0.05, 0) is 23.6 Å². The summed E-state index contributed by atoms with van der Waals surface area (Å²) in [6, 6.07) is 18.4. The van der Waals surface area contributed by atoms with Gasteiger partial charge in [-0.1, -0.05) is 54.6 Å². The highest BCUT2D eigenvalue weighted by atomic mass is 16.6. The van der Waals surface area contributed by atoms with Crippen LogP contribution in [0, 0.1) is 0 Å². The molecule has 3 amide bonds. The summed E-state index contributed by atoms with van der Waals surface area (Å²) in [5, 5.41) is 3.09. The largest absolute Gasteiger partial charge is 0.441 e. The van der Waals surface area contributed by atoms with E-state index in [9.17, 15) is 9.59 Å². The Hall–Kier alpha value is -3.02. The molecule has 4 rings (SSSR count). The fraction of sp³-hybridized carbons (Fsp3) is 0.391. The molecule has 29 heavy (non-hydrogen) atoms. The number of rotatable bonds is 3. The molecule has 2 heterocycles. The van der Waals surface area contributed by atoms with Gasteiger partial charge in [0.2, 0.25) is 0 Å². The number of likely N-dealkylation sites (tertiary alicyclic amines) is 1. The van der Waals surface area contributed by atoms with Crippen molar-refractivity contribution >= 4 is 12.1 Å². The predicted octanol–water partition coefficient (Wildman–Crippen LogP) is 4.04. The molecule has 0 unspecified atom stereocenters. The third kappa shape index (κ3) is 4.06. The molecule has 6 heteroatoms. The Morgan fingerprint density at radius 2 is 1.66 bits per heavy atom. The molecule has 1 N–H and O–H groups in total. The average molecular weight is 393 g/mol. The Morgan fingerprint density at radius 3 is 2.24 bits per heavy atom. The quantitative estimate of drug-likeness (QED) is 0.856. The van der Waals surface area contributed by atoms with E-state index in [-0.39, 0.29) is 18.2 Å². The second-order valence-corrected chi connectivity index (χ2v) is 8.05. The minimum atomic E-state index is -0.429. The highest BCUT2D eigenvalue weighted by molar-refractivity contribution is 5.75. The van der Waals surface area contributed by atoms with Crippen molar-refractivity contribution in [1.29, 1.82) is 0 Å². The molecule has 2 aliphatic heterocycles. The molecular formula is C23H27N3O3. The first kappa shape index (κ1) is 19.3. The number of nitrogens with zero attached hydrogens (tertiary/aromatic N) is 2. The van der Waals surface area contributed by atoms with Crippen LogP contribution in [-0.4, -0.2) is 54.2 Å². The van der Waals surface area contributed by atoms with Crippen molar-refractivity contribution in [3.63, 3.8) is 0 Å².